The molecule has 1 saturated heterocycles. The lowest BCUT2D eigenvalue weighted by Gasteiger charge is -2.22. The molecule has 92 valence electrons. The highest BCUT2D eigenvalue weighted by atomic mass is 16.6. The number of pyridine rings is 1. The van der Waals surface area contributed by atoms with E-state index in [1.165, 1.54) is 12.8 Å². The zero-order valence-corrected chi connectivity index (χ0v) is 10.2. The number of aromatic nitrogens is 1. The maximum Gasteiger partial charge on any atom is 0.106 e. The van der Waals surface area contributed by atoms with Crippen LogP contribution in [0.15, 0.2) is 29.6 Å². The Bertz CT molecular complexity index is 358. The van der Waals surface area contributed by atoms with Gasteiger partial charge in [0.25, 0.3) is 0 Å². The molecule has 1 aromatic heterocycles. The summed E-state index contributed by atoms with van der Waals surface area (Å²) in [4.78, 5) is 9.27. The summed E-state index contributed by atoms with van der Waals surface area (Å²) >= 11 is 0. The summed E-state index contributed by atoms with van der Waals surface area (Å²) < 4.78 is 0. The lowest BCUT2D eigenvalue weighted by atomic mass is 9.91. The molecule has 1 aromatic rings. The van der Waals surface area contributed by atoms with Gasteiger partial charge in [-0.2, -0.15) is 0 Å². The number of hydrogen-bond donors (Lipinski definition) is 1. The van der Waals surface area contributed by atoms with Gasteiger partial charge in [-0.05, 0) is 50.4 Å². The van der Waals surface area contributed by atoms with Crippen molar-refractivity contribution in [2.75, 3.05) is 20.2 Å². The fraction of sp³-hybridized carbons (Fsp3) is 0.538. The first-order chi connectivity index (χ1) is 8.40. The van der Waals surface area contributed by atoms with Crippen LogP contribution in [0.4, 0.5) is 0 Å². The van der Waals surface area contributed by atoms with E-state index in [0.717, 1.165) is 30.9 Å². The van der Waals surface area contributed by atoms with Crippen LogP contribution >= 0.6 is 0 Å². The van der Waals surface area contributed by atoms with Gasteiger partial charge >= 0.3 is 0 Å². The Kier molecular flexibility index (Phi) is 4.50. The molecular formula is C13H19N3O. The second-order valence-electron chi connectivity index (χ2n) is 4.33. The molecule has 0 atom stereocenters. The molecule has 0 radical (unpaired) electrons. The minimum atomic E-state index is 0.687. The second kappa shape index (κ2) is 6.35. The molecule has 4 heteroatoms. The molecule has 2 rings (SSSR count). The molecule has 0 aliphatic carbocycles. The smallest absolute Gasteiger partial charge is 0.106 e. The van der Waals surface area contributed by atoms with Crippen molar-refractivity contribution in [1.82, 2.24) is 10.3 Å². The van der Waals surface area contributed by atoms with Crippen LogP contribution in [-0.4, -0.2) is 30.9 Å². The molecular weight excluding hydrogens is 214 g/mol. The van der Waals surface area contributed by atoms with E-state index in [1.807, 2.05) is 18.2 Å². The minimum absolute atomic E-state index is 0.687. The van der Waals surface area contributed by atoms with Gasteiger partial charge in [-0.25, -0.2) is 0 Å². The van der Waals surface area contributed by atoms with E-state index in [0.29, 0.717) is 5.92 Å². The zero-order valence-electron chi connectivity index (χ0n) is 10.2. The third-order valence-electron chi connectivity index (χ3n) is 3.10. The third kappa shape index (κ3) is 3.53. The molecule has 0 saturated carbocycles. The second-order valence-corrected chi connectivity index (χ2v) is 4.33. The van der Waals surface area contributed by atoms with Crippen LogP contribution < -0.4 is 5.32 Å². The van der Waals surface area contributed by atoms with E-state index in [1.54, 1.807) is 13.3 Å². The number of hydrogen-bond acceptors (Lipinski definition) is 4. The Morgan fingerprint density at radius 1 is 1.47 bits per heavy atom. The first-order valence-electron chi connectivity index (χ1n) is 6.12. The van der Waals surface area contributed by atoms with E-state index < -0.39 is 0 Å². The summed E-state index contributed by atoms with van der Waals surface area (Å²) in [5.74, 6) is 0.687. The van der Waals surface area contributed by atoms with Crippen molar-refractivity contribution in [3.05, 3.63) is 30.1 Å². The Hall–Kier alpha value is -1.42. The molecule has 0 bridgehead atoms. The highest BCUT2D eigenvalue weighted by Crippen LogP contribution is 2.18. The molecule has 0 unspecified atom stereocenters. The molecule has 0 spiro atoms. The monoisotopic (exact) mass is 233 g/mol. The van der Waals surface area contributed by atoms with Gasteiger partial charge in [0.2, 0.25) is 0 Å². The van der Waals surface area contributed by atoms with Gasteiger partial charge in [-0.1, -0.05) is 11.2 Å². The number of rotatable bonds is 4. The first kappa shape index (κ1) is 12.0. The van der Waals surface area contributed by atoms with Gasteiger partial charge in [-0.15, -0.1) is 0 Å². The Morgan fingerprint density at radius 2 is 2.29 bits per heavy atom. The zero-order chi connectivity index (χ0) is 11.9. The number of nitrogens with zero attached hydrogens (tertiary/aromatic N) is 2. The number of oxime groups is 1. The van der Waals surface area contributed by atoms with Crippen molar-refractivity contribution >= 4 is 5.71 Å². The molecule has 17 heavy (non-hydrogen) atoms. The van der Waals surface area contributed by atoms with Crippen LogP contribution in [0.25, 0.3) is 0 Å². The molecule has 4 nitrogen and oxygen atoms in total. The van der Waals surface area contributed by atoms with Gasteiger partial charge in [-0.3, -0.25) is 4.98 Å². The molecule has 0 aromatic carbocycles. The van der Waals surface area contributed by atoms with E-state index in [-0.39, 0.29) is 0 Å². The molecule has 1 aliphatic heterocycles. The fourth-order valence-corrected chi connectivity index (χ4v) is 2.19. The highest BCUT2D eigenvalue weighted by molar-refractivity contribution is 5.98. The molecule has 1 fully saturated rings. The Labute approximate surface area is 102 Å². The van der Waals surface area contributed by atoms with E-state index in [2.05, 4.69) is 15.5 Å². The number of piperidine rings is 1. The van der Waals surface area contributed by atoms with Gasteiger partial charge in [0.15, 0.2) is 0 Å². The SMILES string of the molecule is CO/N=C(/CC1CCNCC1)c1ccccn1. The molecule has 1 N–H and O–H groups in total. The third-order valence-corrected chi connectivity index (χ3v) is 3.10. The summed E-state index contributed by atoms with van der Waals surface area (Å²) in [6.07, 6.45) is 5.15. The Balaban J connectivity index is 2.05. The van der Waals surface area contributed by atoms with Crippen LogP contribution in [0.1, 0.15) is 25.0 Å². The van der Waals surface area contributed by atoms with E-state index in [4.69, 9.17) is 4.84 Å². The summed E-state index contributed by atoms with van der Waals surface area (Å²) in [6.45, 7) is 2.21. The van der Waals surface area contributed by atoms with Crippen LogP contribution in [0.5, 0.6) is 0 Å². The predicted molar refractivity (Wildman–Crippen MR) is 68.0 cm³/mol. The van der Waals surface area contributed by atoms with Gasteiger partial charge in [0, 0.05) is 6.20 Å². The van der Waals surface area contributed by atoms with Crippen molar-refractivity contribution in [1.29, 1.82) is 0 Å². The van der Waals surface area contributed by atoms with Gasteiger partial charge in [0.1, 0.15) is 12.8 Å². The molecule has 2 heterocycles. The van der Waals surface area contributed by atoms with Crippen LogP contribution in [0, 0.1) is 5.92 Å². The maximum atomic E-state index is 4.93. The summed E-state index contributed by atoms with van der Waals surface area (Å²) in [5.41, 5.74) is 1.88. The van der Waals surface area contributed by atoms with Crippen molar-refractivity contribution in [2.45, 2.75) is 19.3 Å². The average Bonchev–Trinajstić information content (AvgIpc) is 2.40. The Morgan fingerprint density at radius 3 is 2.94 bits per heavy atom. The van der Waals surface area contributed by atoms with Crippen molar-refractivity contribution in [3.63, 3.8) is 0 Å². The summed E-state index contributed by atoms with van der Waals surface area (Å²) in [6, 6.07) is 5.88. The van der Waals surface area contributed by atoms with Gasteiger partial charge < -0.3 is 10.2 Å². The maximum absolute atomic E-state index is 4.93. The average molecular weight is 233 g/mol. The lowest BCUT2D eigenvalue weighted by molar-refractivity contribution is 0.211. The predicted octanol–water partition coefficient (Wildman–Crippen LogP) is 1.82. The fourth-order valence-electron chi connectivity index (χ4n) is 2.19. The van der Waals surface area contributed by atoms with Crippen molar-refractivity contribution in [3.8, 4) is 0 Å². The standard InChI is InChI=1S/C13H19N3O/c1-17-16-13(12-4-2-3-7-15-12)10-11-5-8-14-9-6-11/h2-4,7,11,14H,5-6,8-10H2,1H3/b16-13-. The summed E-state index contributed by atoms with van der Waals surface area (Å²) in [5, 5.41) is 7.50. The number of nitrogens with one attached hydrogen (secondary N) is 1. The van der Waals surface area contributed by atoms with Crippen LogP contribution in [0.3, 0.4) is 0 Å². The quantitative estimate of drug-likeness (QED) is 0.637. The minimum Gasteiger partial charge on any atom is -0.399 e. The van der Waals surface area contributed by atoms with Crippen LogP contribution in [0.2, 0.25) is 0 Å². The van der Waals surface area contributed by atoms with Crippen molar-refractivity contribution < 1.29 is 4.84 Å². The first-order valence-corrected chi connectivity index (χ1v) is 6.12. The van der Waals surface area contributed by atoms with E-state index in [9.17, 15) is 0 Å². The lowest BCUT2D eigenvalue weighted by Crippen LogP contribution is -2.29. The molecule has 1 aliphatic rings. The normalized spacial score (nSPS) is 18.1. The van der Waals surface area contributed by atoms with Gasteiger partial charge in [0.05, 0.1) is 5.69 Å². The van der Waals surface area contributed by atoms with Crippen LogP contribution in [-0.2, 0) is 4.84 Å². The van der Waals surface area contributed by atoms with E-state index >= 15 is 0 Å². The largest absolute Gasteiger partial charge is 0.399 e. The molecule has 0 amide bonds. The summed E-state index contributed by atoms with van der Waals surface area (Å²) in [7, 11) is 1.59. The van der Waals surface area contributed by atoms with Crippen molar-refractivity contribution in [2.24, 2.45) is 11.1 Å². The topological polar surface area (TPSA) is 46.5 Å². The highest BCUT2D eigenvalue weighted by Gasteiger charge is 2.17.